The average Bonchev–Trinajstić information content (AvgIpc) is 3.28. The lowest BCUT2D eigenvalue weighted by molar-refractivity contribution is -0.0886. The molecule has 3 atom stereocenters. The topological polar surface area (TPSA) is 38.8 Å². The number of carbonyl (C=O) groups excluding carboxylic acids is 1. The lowest BCUT2D eigenvalue weighted by atomic mass is 9.93. The fourth-order valence-electron chi connectivity index (χ4n) is 3.61. The van der Waals surface area contributed by atoms with Crippen LogP contribution in [0.1, 0.15) is 27.9 Å². The number of nitrogens with zero attached hydrogens (tertiary/aromatic N) is 1. The van der Waals surface area contributed by atoms with Gasteiger partial charge in [0.05, 0.1) is 13.2 Å². The first-order valence-electron chi connectivity index (χ1n) is 7.90. The van der Waals surface area contributed by atoms with Crippen LogP contribution in [-0.4, -0.2) is 37.2 Å². The minimum absolute atomic E-state index is 0.187. The van der Waals surface area contributed by atoms with E-state index < -0.39 is 17.9 Å². The minimum Gasteiger partial charge on any atom is -0.497 e. The number of hydrogen-bond donors (Lipinski definition) is 0. The molecule has 24 heavy (non-hydrogen) atoms. The number of benzene rings is 2. The fraction of sp³-hybridized carbons (Fsp3) is 0.316. The van der Waals surface area contributed by atoms with Gasteiger partial charge in [-0.25, -0.2) is 4.39 Å². The second-order valence-corrected chi connectivity index (χ2v) is 6.12. The van der Waals surface area contributed by atoms with E-state index in [0.717, 1.165) is 11.1 Å². The molecule has 1 amide bonds. The Kier molecular flexibility index (Phi) is 3.35. The largest absolute Gasteiger partial charge is 0.497 e. The molecular weight excluding hydrogens is 309 g/mol. The Balaban J connectivity index is 1.93. The summed E-state index contributed by atoms with van der Waals surface area (Å²) in [7, 11) is 3.15. The summed E-state index contributed by atoms with van der Waals surface area (Å²) in [5, 5.41) is 0. The molecule has 1 fully saturated rings. The maximum Gasteiger partial charge on any atom is 0.257 e. The van der Waals surface area contributed by atoms with E-state index in [0.29, 0.717) is 17.7 Å². The van der Waals surface area contributed by atoms with E-state index in [1.165, 1.54) is 0 Å². The SMILES string of the molecule is COc1ccc(C2(OC)c3ccccc3C(=O)N2[C@@H]2C[C@@H]2F)cc1. The zero-order chi connectivity index (χ0) is 16.9. The monoisotopic (exact) mass is 327 g/mol. The summed E-state index contributed by atoms with van der Waals surface area (Å²) >= 11 is 0. The number of fused-ring (bicyclic) bond motifs is 1. The van der Waals surface area contributed by atoms with Crippen LogP contribution < -0.4 is 4.74 Å². The minimum atomic E-state index is -1.11. The molecule has 4 nitrogen and oxygen atoms in total. The standard InChI is InChI=1S/C19H18FNO3/c1-23-13-9-7-12(8-10-13)19(24-2)15-6-4-3-5-14(15)18(22)21(19)17-11-16(17)20/h3-10,16-17H,11H2,1-2H3/t16-,17+,19?/m0/s1. The number of carbonyl (C=O) groups is 1. The van der Waals surface area contributed by atoms with E-state index in [1.54, 1.807) is 25.2 Å². The Morgan fingerprint density at radius 2 is 1.79 bits per heavy atom. The molecule has 2 aromatic rings. The van der Waals surface area contributed by atoms with Crippen molar-refractivity contribution in [2.24, 2.45) is 0 Å². The second kappa shape index (κ2) is 5.31. The van der Waals surface area contributed by atoms with Crippen molar-refractivity contribution in [3.8, 4) is 5.75 Å². The van der Waals surface area contributed by atoms with Crippen LogP contribution in [-0.2, 0) is 10.5 Å². The summed E-state index contributed by atoms with van der Waals surface area (Å²) in [6.07, 6.45) is -0.655. The van der Waals surface area contributed by atoms with Crippen molar-refractivity contribution in [1.82, 2.24) is 4.90 Å². The molecule has 0 N–H and O–H groups in total. The van der Waals surface area contributed by atoms with E-state index in [4.69, 9.17) is 9.47 Å². The summed E-state index contributed by atoms with van der Waals surface area (Å²) in [4.78, 5) is 14.5. The molecule has 2 aromatic carbocycles. The first-order chi connectivity index (χ1) is 11.6. The first kappa shape index (κ1) is 15.1. The fourth-order valence-corrected chi connectivity index (χ4v) is 3.61. The van der Waals surface area contributed by atoms with Gasteiger partial charge in [-0.1, -0.05) is 30.3 Å². The summed E-state index contributed by atoms with van der Waals surface area (Å²) in [6, 6.07) is 14.2. The molecule has 1 aliphatic carbocycles. The maximum absolute atomic E-state index is 13.9. The highest BCUT2D eigenvalue weighted by molar-refractivity contribution is 6.01. The van der Waals surface area contributed by atoms with Crippen molar-refractivity contribution in [1.29, 1.82) is 0 Å². The van der Waals surface area contributed by atoms with Gasteiger partial charge in [-0.05, 0) is 18.2 Å². The number of methoxy groups -OCH3 is 2. The van der Waals surface area contributed by atoms with Gasteiger partial charge < -0.3 is 9.47 Å². The predicted octanol–water partition coefficient (Wildman–Crippen LogP) is 3.11. The number of halogens is 1. The van der Waals surface area contributed by atoms with E-state index in [1.807, 2.05) is 42.5 Å². The highest BCUT2D eigenvalue weighted by atomic mass is 19.1. The molecule has 0 saturated heterocycles. The molecule has 0 spiro atoms. The maximum atomic E-state index is 13.9. The molecule has 124 valence electrons. The molecular formula is C19H18FNO3. The van der Waals surface area contributed by atoms with Crippen LogP contribution in [0.15, 0.2) is 48.5 Å². The van der Waals surface area contributed by atoms with Gasteiger partial charge in [0.2, 0.25) is 0 Å². The third kappa shape index (κ3) is 1.91. The van der Waals surface area contributed by atoms with E-state index in [9.17, 15) is 9.18 Å². The summed E-state index contributed by atoms with van der Waals surface area (Å²) < 4.78 is 25.0. The van der Waals surface area contributed by atoms with Crippen LogP contribution in [0.3, 0.4) is 0 Å². The molecule has 2 aliphatic rings. The van der Waals surface area contributed by atoms with Crippen LogP contribution in [0.25, 0.3) is 0 Å². The van der Waals surface area contributed by atoms with Crippen molar-refractivity contribution in [2.45, 2.75) is 24.4 Å². The third-order valence-corrected chi connectivity index (χ3v) is 4.87. The van der Waals surface area contributed by atoms with Crippen LogP contribution in [0, 0.1) is 0 Å². The Morgan fingerprint density at radius 3 is 2.38 bits per heavy atom. The molecule has 0 aromatic heterocycles. The van der Waals surface area contributed by atoms with Crippen molar-refractivity contribution in [3.63, 3.8) is 0 Å². The number of alkyl halides is 1. The summed E-state index contributed by atoms with van der Waals surface area (Å²) in [5.74, 6) is 0.525. The van der Waals surface area contributed by atoms with Crippen LogP contribution >= 0.6 is 0 Å². The van der Waals surface area contributed by atoms with Gasteiger partial charge in [0.1, 0.15) is 11.9 Å². The molecule has 0 bridgehead atoms. The zero-order valence-electron chi connectivity index (χ0n) is 13.5. The first-order valence-corrected chi connectivity index (χ1v) is 7.90. The normalized spacial score (nSPS) is 28.0. The van der Waals surface area contributed by atoms with Crippen LogP contribution in [0.2, 0.25) is 0 Å². The average molecular weight is 327 g/mol. The summed E-state index contributed by atoms with van der Waals surface area (Å²) in [6.45, 7) is 0. The van der Waals surface area contributed by atoms with Gasteiger partial charge in [-0.15, -0.1) is 0 Å². The smallest absolute Gasteiger partial charge is 0.257 e. The third-order valence-electron chi connectivity index (χ3n) is 4.87. The number of amides is 1. The van der Waals surface area contributed by atoms with Gasteiger partial charge >= 0.3 is 0 Å². The molecule has 1 heterocycles. The molecule has 1 saturated carbocycles. The van der Waals surface area contributed by atoms with E-state index >= 15 is 0 Å². The Hall–Kier alpha value is -2.40. The molecule has 1 unspecified atom stereocenters. The van der Waals surface area contributed by atoms with Gasteiger partial charge in [0.15, 0.2) is 5.72 Å². The molecule has 0 radical (unpaired) electrons. The van der Waals surface area contributed by atoms with E-state index in [-0.39, 0.29) is 5.91 Å². The highest BCUT2D eigenvalue weighted by Crippen LogP contribution is 2.50. The Bertz CT molecular complexity index is 791. The van der Waals surface area contributed by atoms with Gasteiger partial charge in [-0.2, -0.15) is 0 Å². The van der Waals surface area contributed by atoms with Crippen molar-refractivity contribution < 1.29 is 18.7 Å². The molecule has 1 aliphatic heterocycles. The van der Waals surface area contributed by atoms with Crippen molar-refractivity contribution in [3.05, 3.63) is 65.2 Å². The number of ether oxygens (including phenoxy) is 2. The lowest BCUT2D eigenvalue weighted by Gasteiger charge is -2.38. The number of rotatable bonds is 4. The van der Waals surface area contributed by atoms with E-state index in [2.05, 4.69) is 0 Å². The molecule has 4 rings (SSSR count). The quantitative estimate of drug-likeness (QED) is 0.866. The van der Waals surface area contributed by atoms with Gasteiger partial charge in [0, 0.05) is 30.2 Å². The molecule has 5 heteroatoms. The number of hydrogen-bond acceptors (Lipinski definition) is 3. The van der Waals surface area contributed by atoms with Crippen molar-refractivity contribution >= 4 is 5.91 Å². The highest BCUT2D eigenvalue weighted by Gasteiger charge is 2.60. The van der Waals surface area contributed by atoms with Crippen LogP contribution in [0.5, 0.6) is 5.75 Å². The van der Waals surface area contributed by atoms with Gasteiger partial charge in [-0.3, -0.25) is 9.69 Å². The van der Waals surface area contributed by atoms with Crippen molar-refractivity contribution in [2.75, 3.05) is 14.2 Å². The van der Waals surface area contributed by atoms with Gasteiger partial charge in [0.25, 0.3) is 5.91 Å². The predicted molar refractivity (Wildman–Crippen MR) is 86.7 cm³/mol. The van der Waals surface area contributed by atoms with Crippen LogP contribution in [0.4, 0.5) is 4.39 Å². The lowest BCUT2D eigenvalue weighted by Crippen LogP contribution is -2.48. The summed E-state index contributed by atoms with van der Waals surface area (Å²) in [5.41, 5.74) is 0.991. The Labute approximate surface area is 139 Å². The second-order valence-electron chi connectivity index (χ2n) is 6.12. The zero-order valence-corrected chi connectivity index (χ0v) is 13.5. The Morgan fingerprint density at radius 1 is 1.12 bits per heavy atom.